The molecule has 1 N–H and O–H groups in total. The number of allylic oxidation sites excluding steroid dienone is 7. The van der Waals surface area contributed by atoms with Gasteiger partial charge in [-0.3, -0.25) is 4.99 Å². The third-order valence-corrected chi connectivity index (χ3v) is 5.50. The lowest BCUT2D eigenvalue weighted by Crippen LogP contribution is -2.18. The van der Waals surface area contributed by atoms with E-state index < -0.39 is 0 Å². The maximum Gasteiger partial charge on any atom is 0.227 e. The number of nitrogens with zero attached hydrogens (tertiary/aromatic N) is 4. The number of halogens is 1. The van der Waals surface area contributed by atoms with Crippen molar-refractivity contribution in [3.05, 3.63) is 108 Å². The van der Waals surface area contributed by atoms with Crippen LogP contribution in [0, 0.1) is 12.7 Å². The van der Waals surface area contributed by atoms with Crippen LogP contribution >= 0.6 is 0 Å². The maximum absolute atomic E-state index is 14.1. The molecule has 1 aromatic heterocycles. The van der Waals surface area contributed by atoms with Crippen molar-refractivity contribution in [1.82, 2.24) is 14.9 Å². The van der Waals surface area contributed by atoms with Crippen LogP contribution < -0.4 is 5.32 Å². The van der Waals surface area contributed by atoms with Gasteiger partial charge in [0.1, 0.15) is 5.82 Å². The third-order valence-electron chi connectivity index (χ3n) is 5.50. The number of benzene rings is 1. The van der Waals surface area contributed by atoms with Crippen molar-refractivity contribution in [1.29, 1.82) is 0 Å². The van der Waals surface area contributed by atoms with Crippen molar-refractivity contribution in [2.75, 3.05) is 12.4 Å². The molecule has 1 aromatic carbocycles. The van der Waals surface area contributed by atoms with Crippen molar-refractivity contribution in [3.63, 3.8) is 0 Å². The second-order valence-corrected chi connectivity index (χ2v) is 8.21. The first-order chi connectivity index (χ1) is 16.8. The summed E-state index contributed by atoms with van der Waals surface area (Å²) in [5.41, 5.74) is 4.90. The van der Waals surface area contributed by atoms with Crippen LogP contribution in [0.5, 0.6) is 0 Å². The monoisotopic (exact) mass is 473 g/mol. The molecule has 1 heterocycles. The van der Waals surface area contributed by atoms with E-state index in [2.05, 4.69) is 45.3 Å². The van der Waals surface area contributed by atoms with Gasteiger partial charge in [0.2, 0.25) is 5.95 Å². The standard InChI is InChI=1S/C29H36FN5/c1-8-11-24(16-19-35(7)28(10-3)25-13-12-21(4)26(30)20-25)27-15-18-32-29(34-27)33-23(6)14-17-31-22(5)9-2/h8,11-20,28H,1,5,9-10H2,2-4,6-7H3,(H,32,33,34)/b19-16-,23-14+,24-11+,31-17-. The van der Waals surface area contributed by atoms with Gasteiger partial charge in [-0.15, -0.1) is 0 Å². The zero-order valence-electron chi connectivity index (χ0n) is 21.4. The molecule has 0 radical (unpaired) electrons. The van der Waals surface area contributed by atoms with Crippen LogP contribution in [0.15, 0.2) is 90.5 Å². The Bertz CT molecular complexity index is 1140. The Hall–Kier alpha value is -3.80. The van der Waals surface area contributed by atoms with Gasteiger partial charge in [-0.2, -0.15) is 0 Å². The molecular formula is C29H36FN5. The molecule has 0 fully saturated rings. The van der Waals surface area contributed by atoms with E-state index in [4.69, 9.17) is 0 Å². The first kappa shape index (κ1) is 27.4. The minimum Gasteiger partial charge on any atom is -0.373 e. The molecular weight excluding hydrogens is 437 g/mol. The normalized spacial score (nSPS) is 13.3. The lowest BCUT2D eigenvalue weighted by molar-refractivity contribution is 0.327. The molecule has 0 saturated carbocycles. The molecule has 6 heteroatoms. The summed E-state index contributed by atoms with van der Waals surface area (Å²) in [4.78, 5) is 15.3. The zero-order chi connectivity index (χ0) is 25.8. The number of anilines is 1. The lowest BCUT2D eigenvalue weighted by Gasteiger charge is -2.26. The highest BCUT2D eigenvalue weighted by Crippen LogP contribution is 2.26. The molecule has 0 saturated heterocycles. The van der Waals surface area contributed by atoms with E-state index >= 15 is 0 Å². The van der Waals surface area contributed by atoms with Gasteiger partial charge in [-0.05, 0) is 68.3 Å². The Morgan fingerprint density at radius 3 is 2.69 bits per heavy atom. The van der Waals surface area contributed by atoms with E-state index in [-0.39, 0.29) is 11.9 Å². The van der Waals surface area contributed by atoms with Gasteiger partial charge >= 0.3 is 0 Å². The molecule has 1 atom stereocenters. The molecule has 0 spiro atoms. The van der Waals surface area contributed by atoms with Crippen LogP contribution in [-0.4, -0.2) is 28.1 Å². The quantitative estimate of drug-likeness (QED) is 0.258. The summed E-state index contributed by atoms with van der Waals surface area (Å²) >= 11 is 0. The summed E-state index contributed by atoms with van der Waals surface area (Å²) < 4.78 is 14.1. The molecule has 0 amide bonds. The topological polar surface area (TPSA) is 53.4 Å². The minimum atomic E-state index is -0.183. The van der Waals surface area contributed by atoms with Crippen LogP contribution in [0.1, 0.15) is 56.5 Å². The Labute approximate surface area is 209 Å². The largest absolute Gasteiger partial charge is 0.373 e. The van der Waals surface area contributed by atoms with E-state index in [0.717, 1.165) is 41.1 Å². The van der Waals surface area contributed by atoms with E-state index in [1.54, 1.807) is 31.5 Å². The third kappa shape index (κ3) is 8.49. The Balaban J connectivity index is 2.21. The highest BCUT2D eigenvalue weighted by atomic mass is 19.1. The summed E-state index contributed by atoms with van der Waals surface area (Å²) in [6.45, 7) is 15.5. The summed E-state index contributed by atoms with van der Waals surface area (Å²) in [6.07, 6.45) is 14.5. The Morgan fingerprint density at radius 1 is 1.26 bits per heavy atom. The van der Waals surface area contributed by atoms with Crippen molar-refractivity contribution in [2.24, 2.45) is 4.99 Å². The van der Waals surface area contributed by atoms with Crippen molar-refractivity contribution in [3.8, 4) is 0 Å². The van der Waals surface area contributed by atoms with Gasteiger partial charge in [0, 0.05) is 36.4 Å². The number of aliphatic imine (C=N–C) groups is 1. The smallest absolute Gasteiger partial charge is 0.227 e. The van der Waals surface area contributed by atoms with E-state index in [0.29, 0.717) is 11.5 Å². The molecule has 2 aromatic rings. The molecule has 2 rings (SSSR count). The summed E-state index contributed by atoms with van der Waals surface area (Å²) in [5, 5.41) is 3.19. The second-order valence-electron chi connectivity index (χ2n) is 8.21. The number of hydrogen-bond acceptors (Lipinski definition) is 5. The second kappa shape index (κ2) is 13.8. The molecule has 0 aliphatic heterocycles. The summed E-state index contributed by atoms with van der Waals surface area (Å²) in [5.74, 6) is 0.301. The number of hydrogen-bond donors (Lipinski definition) is 1. The van der Waals surface area contributed by atoms with E-state index in [1.807, 2.05) is 63.5 Å². The average Bonchev–Trinajstić information content (AvgIpc) is 2.84. The molecule has 0 aliphatic carbocycles. The fourth-order valence-electron chi connectivity index (χ4n) is 3.37. The fraction of sp³-hybridized carbons (Fsp3) is 0.276. The minimum absolute atomic E-state index is 0.0483. The van der Waals surface area contributed by atoms with E-state index in [1.165, 1.54) is 0 Å². The van der Waals surface area contributed by atoms with Gasteiger partial charge in [0.25, 0.3) is 0 Å². The van der Waals surface area contributed by atoms with Gasteiger partial charge in [-0.25, -0.2) is 14.4 Å². The number of rotatable bonds is 12. The average molecular weight is 474 g/mol. The van der Waals surface area contributed by atoms with Crippen LogP contribution in [0.2, 0.25) is 0 Å². The highest BCUT2D eigenvalue weighted by molar-refractivity contribution is 5.75. The molecule has 0 aliphatic rings. The lowest BCUT2D eigenvalue weighted by atomic mass is 10.0. The first-order valence-electron chi connectivity index (χ1n) is 11.8. The zero-order valence-corrected chi connectivity index (χ0v) is 21.4. The molecule has 5 nitrogen and oxygen atoms in total. The van der Waals surface area contributed by atoms with Crippen LogP contribution in [0.3, 0.4) is 0 Å². The van der Waals surface area contributed by atoms with Crippen LogP contribution in [-0.2, 0) is 0 Å². The van der Waals surface area contributed by atoms with Gasteiger partial charge < -0.3 is 10.2 Å². The van der Waals surface area contributed by atoms with Crippen LogP contribution in [0.25, 0.3) is 5.57 Å². The van der Waals surface area contributed by atoms with E-state index in [9.17, 15) is 4.39 Å². The maximum atomic E-state index is 14.1. The molecule has 35 heavy (non-hydrogen) atoms. The summed E-state index contributed by atoms with van der Waals surface area (Å²) in [7, 11) is 1.99. The number of nitrogens with one attached hydrogen (secondary N) is 1. The SMILES string of the molecule is C=C/C=C(\C=C/N(C)C(CC)c1ccc(C)c(F)c1)c1ccnc(N/C(C)=C/C=N\C(=C)CC)n1. The number of aryl methyl sites for hydroxylation is 1. The molecule has 1 unspecified atom stereocenters. The first-order valence-corrected chi connectivity index (χ1v) is 11.8. The predicted octanol–water partition coefficient (Wildman–Crippen LogP) is 7.40. The Kier molecular flexibility index (Phi) is 10.8. The molecule has 184 valence electrons. The highest BCUT2D eigenvalue weighted by Gasteiger charge is 2.14. The van der Waals surface area contributed by atoms with Gasteiger partial charge in [-0.1, -0.05) is 51.3 Å². The van der Waals surface area contributed by atoms with Crippen molar-refractivity contribution >= 4 is 17.7 Å². The van der Waals surface area contributed by atoms with Gasteiger partial charge in [0.05, 0.1) is 11.7 Å². The fourth-order valence-corrected chi connectivity index (χ4v) is 3.37. The van der Waals surface area contributed by atoms with Crippen LogP contribution in [0.4, 0.5) is 10.3 Å². The van der Waals surface area contributed by atoms with Crippen molar-refractivity contribution in [2.45, 2.75) is 46.6 Å². The van der Waals surface area contributed by atoms with Gasteiger partial charge in [0.15, 0.2) is 0 Å². The number of aromatic nitrogens is 2. The molecule has 0 bridgehead atoms. The predicted molar refractivity (Wildman–Crippen MR) is 147 cm³/mol. The summed E-state index contributed by atoms with van der Waals surface area (Å²) in [6, 6.07) is 7.33. The Morgan fingerprint density at radius 2 is 2.03 bits per heavy atom. The van der Waals surface area contributed by atoms with Crippen molar-refractivity contribution < 1.29 is 4.39 Å².